The van der Waals surface area contributed by atoms with Gasteiger partial charge in [-0.1, -0.05) is 29.8 Å². The molecule has 2 rings (SSSR count). The molecule has 1 aromatic carbocycles. The molecule has 1 aliphatic rings. The van der Waals surface area contributed by atoms with Gasteiger partial charge in [-0.25, -0.2) is 4.79 Å². The van der Waals surface area contributed by atoms with E-state index in [1.165, 1.54) is 4.90 Å². The molecule has 0 aromatic heterocycles. The predicted molar refractivity (Wildman–Crippen MR) is 72.2 cm³/mol. The zero-order chi connectivity index (χ0) is 14.7. The van der Waals surface area contributed by atoms with Crippen LogP contribution >= 0.6 is 0 Å². The first kappa shape index (κ1) is 14.3. The average molecular weight is 278 g/mol. The van der Waals surface area contributed by atoms with Crippen LogP contribution in [-0.2, 0) is 11.3 Å². The van der Waals surface area contributed by atoms with Gasteiger partial charge in [0.15, 0.2) is 0 Å². The lowest BCUT2D eigenvalue weighted by molar-refractivity contribution is -0.132. The maximum Gasteiger partial charge on any atom is 0.407 e. The highest BCUT2D eigenvalue weighted by Gasteiger charge is 2.29. The van der Waals surface area contributed by atoms with Crippen LogP contribution < -0.4 is 0 Å². The molecule has 0 radical (unpaired) electrons. The van der Waals surface area contributed by atoms with E-state index in [0.29, 0.717) is 6.54 Å². The Hall–Kier alpha value is -2.08. The summed E-state index contributed by atoms with van der Waals surface area (Å²) in [4.78, 5) is 25.5. The quantitative estimate of drug-likeness (QED) is 0.833. The minimum atomic E-state index is -1.19. The Bertz CT molecular complexity index is 518. The van der Waals surface area contributed by atoms with Crippen molar-refractivity contribution in [1.82, 2.24) is 9.80 Å². The van der Waals surface area contributed by atoms with E-state index in [1.54, 1.807) is 0 Å². The van der Waals surface area contributed by atoms with E-state index in [4.69, 9.17) is 5.11 Å². The standard InChI is InChI=1S/C14H18N2O4/c1-10-3-2-4-11(5-10)6-15-7-12(17)8-16(14(19)20)9-13(15)18/h2-5,12,17H,6-9H2,1H3,(H,19,20). The summed E-state index contributed by atoms with van der Waals surface area (Å²) in [6.45, 7) is 2.25. The van der Waals surface area contributed by atoms with Gasteiger partial charge in [-0.2, -0.15) is 0 Å². The molecule has 0 spiro atoms. The molecule has 1 saturated heterocycles. The number of nitrogens with zero attached hydrogens (tertiary/aromatic N) is 2. The van der Waals surface area contributed by atoms with Crippen molar-refractivity contribution in [1.29, 1.82) is 0 Å². The second kappa shape index (κ2) is 5.92. The zero-order valence-electron chi connectivity index (χ0n) is 11.3. The summed E-state index contributed by atoms with van der Waals surface area (Å²) in [7, 11) is 0. The normalized spacial score (nSPS) is 19.9. The van der Waals surface area contributed by atoms with Gasteiger partial charge >= 0.3 is 6.09 Å². The molecular formula is C14H18N2O4. The van der Waals surface area contributed by atoms with Crippen LogP contribution in [0.15, 0.2) is 24.3 Å². The van der Waals surface area contributed by atoms with Crippen molar-refractivity contribution < 1.29 is 19.8 Å². The number of aliphatic hydroxyl groups excluding tert-OH is 1. The van der Waals surface area contributed by atoms with Gasteiger partial charge in [0.05, 0.1) is 12.6 Å². The van der Waals surface area contributed by atoms with Crippen LogP contribution in [0, 0.1) is 6.92 Å². The first-order valence-electron chi connectivity index (χ1n) is 6.45. The second-order valence-corrected chi connectivity index (χ2v) is 5.08. The Balaban J connectivity index is 2.11. The first-order chi connectivity index (χ1) is 9.45. The van der Waals surface area contributed by atoms with E-state index in [2.05, 4.69) is 0 Å². The number of benzene rings is 1. The molecule has 1 heterocycles. The molecule has 1 aromatic rings. The molecule has 1 fully saturated rings. The molecule has 108 valence electrons. The SMILES string of the molecule is Cc1cccc(CN2CC(O)CN(C(=O)O)CC2=O)c1. The summed E-state index contributed by atoms with van der Waals surface area (Å²) < 4.78 is 0. The van der Waals surface area contributed by atoms with Crippen molar-refractivity contribution in [3.8, 4) is 0 Å². The third-order valence-corrected chi connectivity index (χ3v) is 3.27. The van der Waals surface area contributed by atoms with E-state index < -0.39 is 12.2 Å². The van der Waals surface area contributed by atoms with Crippen LogP contribution in [0.5, 0.6) is 0 Å². The van der Waals surface area contributed by atoms with Crippen LogP contribution in [0.2, 0.25) is 0 Å². The number of hydrogen-bond donors (Lipinski definition) is 2. The fraction of sp³-hybridized carbons (Fsp3) is 0.429. The number of aryl methyl sites for hydroxylation is 1. The summed E-state index contributed by atoms with van der Waals surface area (Å²) in [6.07, 6.45) is -2.04. The highest BCUT2D eigenvalue weighted by atomic mass is 16.4. The van der Waals surface area contributed by atoms with Crippen molar-refractivity contribution in [3.05, 3.63) is 35.4 Å². The summed E-state index contributed by atoms with van der Waals surface area (Å²) >= 11 is 0. The number of carbonyl (C=O) groups is 2. The maximum atomic E-state index is 12.1. The summed E-state index contributed by atoms with van der Waals surface area (Å²) in [5, 5.41) is 18.8. The minimum Gasteiger partial charge on any atom is -0.465 e. The van der Waals surface area contributed by atoms with Crippen molar-refractivity contribution in [2.24, 2.45) is 0 Å². The van der Waals surface area contributed by atoms with Crippen molar-refractivity contribution in [2.45, 2.75) is 19.6 Å². The monoisotopic (exact) mass is 278 g/mol. The van der Waals surface area contributed by atoms with E-state index >= 15 is 0 Å². The van der Waals surface area contributed by atoms with Gasteiger partial charge in [-0.3, -0.25) is 9.69 Å². The van der Waals surface area contributed by atoms with Crippen LogP contribution in [0.3, 0.4) is 0 Å². The molecule has 2 amide bonds. The van der Waals surface area contributed by atoms with Gasteiger partial charge in [0.1, 0.15) is 6.54 Å². The third-order valence-electron chi connectivity index (χ3n) is 3.27. The molecule has 1 atom stereocenters. The molecule has 0 aliphatic carbocycles. The molecule has 1 unspecified atom stereocenters. The fourth-order valence-electron chi connectivity index (χ4n) is 2.33. The summed E-state index contributed by atoms with van der Waals surface area (Å²) in [5.74, 6) is -0.287. The molecule has 0 saturated carbocycles. The number of hydrogen-bond acceptors (Lipinski definition) is 3. The Morgan fingerprint density at radius 3 is 2.80 bits per heavy atom. The van der Waals surface area contributed by atoms with Crippen LogP contribution in [0.4, 0.5) is 4.79 Å². The lowest BCUT2D eigenvalue weighted by atomic mass is 10.1. The molecule has 2 N–H and O–H groups in total. The molecule has 0 bridgehead atoms. The van der Waals surface area contributed by atoms with Crippen molar-refractivity contribution in [3.63, 3.8) is 0 Å². The number of amides is 2. The van der Waals surface area contributed by atoms with Crippen LogP contribution in [0.1, 0.15) is 11.1 Å². The minimum absolute atomic E-state index is 0.0363. The number of carboxylic acid groups (broad SMARTS) is 1. The van der Waals surface area contributed by atoms with Gasteiger partial charge < -0.3 is 15.1 Å². The topological polar surface area (TPSA) is 81.1 Å². The summed E-state index contributed by atoms with van der Waals surface area (Å²) in [6, 6.07) is 7.76. The summed E-state index contributed by atoms with van der Waals surface area (Å²) in [5.41, 5.74) is 2.06. The second-order valence-electron chi connectivity index (χ2n) is 5.08. The Labute approximate surface area is 117 Å². The smallest absolute Gasteiger partial charge is 0.407 e. The van der Waals surface area contributed by atoms with Gasteiger partial charge in [-0.15, -0.1) is 0 Å². The van der Waals surface area contributed by atoms with E-state index in [0.717, 1.165) is 16.0 Å². The zero-order valence-corrected chi connectivity index (χ0v) is 11.3. The Morgan fingerprint density at radius 1 is 1.40 bits per heavy atom. The van der Waals surface area contributed by atoms with Crippen molar-refractivity contribution in [2.75, 3.05) is 19.6 Å². The van der Waals surface area contributed by atoms with Gasteiger partial charge in [-0.05, 0) is 12.5 Å². The maximum absolute atomic E-state index is 12.1. The Kier molecular flexibility index (Phi) is 4.24. The average Bonchev–Trinajstić information content (AvgIpc) is 2.49. The van der Waals surface area contributed by atoms with Gasteiger partial charge in [0, 0.05) is 13.1 Å². The molecule has 1 aliphatic heterocycles. The highest BCUT2D eigenvalue weighted by Crippen LogP contribution is 2.12. The van der Waals surface area contributed by atoms with Gasteiger partial charge in [0.2, 0.25) is 5.91 Å². The first-order valence-corrected chi connectivity index (χ1v) is 6.45. The lowest BCUT2D eigenvalue weighted by Gasteiger charge is -2.22. The van der Waals surface area contributed by atoms with Crippen LogP contribution in [-0.4, -0.2) is 57.8 Å². The number of β-amino-alcohol motifs (C(OH)–C–C–N with tert-alkyl or cyclic N) is 1. The number of aliphatic hydroxyl groups is 1. The number of rotatable bonds is 2. The molecular weight excluding hydrogens is 260 g/mol. The highest BCUT2D eigenvalue weighted by molar-refractivity contribution is 5.82. The molecule has 20 heavy (non-hydrogen) atoms. The van der Waals surface area contributed by atoms with Crippen LogP contribution in [0.25, 0.3) is 0 Å². The number of carbonyl (C=O) groups excluding carboxylic acids is 1. The van der Waals surface area contributed by atoms with Crippen molar-refractivity contribution >= 4 is 12.0 Å². The Morgan fingerprint density at radius 2 is 2.15 bits per heavy atom. The van der Waals surface area contributed by atoms with E-state index in [9.17, 15) is 14.7 Å². The molecule has 6 nitrogen and oxygen atoms in total. The predicted octanol–water partition coefficient (Wildman–Crippen LogP) is 0.678. The fourth-order valence-corrected chi connectivity index (χ4v) is 2.33. The largest absolute Gasteiger partial charge is 0.465 e. The van der Waals surface area contributed by atoms with Gasteiger partial charge in [0.25, 0.3) is 0 Å². The third kappa shape index (κ3) is 3.48. The van der Waals surface area contributed by atoms with E-state index in [-0.39, 0.29) is 25.5 Å². The van der Waals surface area contributed by atoms with E-state index in [1.807, 2.05) is 31.2 Å². The molecule has 6 heteroatoms. The lowest BCUT2D eigenvalue weighted by Crippen LogP contribution is -2.38.